The molecule has 6 nitrogen and oxygen atoms in total. The average Bonchev–Trinajstić information content (AvgIpc) is 3.14. The minimum Gasteiger partial charge on any atom is -0.478 e. The molecule has 0 aliphatic rings. The van der Waals surface area contributed by atoms with Crippen LogP contribution in [0.4, 0.5) is 5.82 Å². The molecule has 2 aromatic carbocycles. The number of carboxylic acid groups (broad SMARTS) is 1. The first-order valence-electron chi connectivity index (χ1n) is 8.61. The van der Waals surface area contributed by atoms with Crippen molar-refractivity contribution in [2.75, 3.05) is 5.32 Å². The van der Waals surface area contributed by atoms with Gasteiger partial charge in [0.1, 0.15) is 17.8 Å². The summed E-state index contributed by atoms with van der Waals surface area (Å²) in [6.07, 6.45) is 1.52. The summed E-state index contributed by atoms with van der Waals surface area (Å²) >= 11 is 0. The van der Waals surface area contributed by atoms with Crippen LogP contribution in [0, 0.1) is 0 Å². The molecule has 0 amide bonds. The molecule has 134 valence electrons. The van der Waals surface area contributed by atoms with E-state index in [1.165, 1.54) is 11.9 Å². The Hall–Kier alpha value is -3.67. The SMILES string of the molecule is CC(Nc1ncnc2[nH]c(-c3ccc(C(=O)O)cc3)cc12)c1ccccc1. The Balaban J connectivity index is 1.67. The Kier molecular flexibility index (Phi) is 4.30. The van der Waals surface area contributed by atoms with Crippen LogP contribution < -0.4 is 5.32 Å². The van der Waals surface area contributed by atoms with Gasteiger partial charge in [0.15, 0.2) is 0 Å². The Labute approximate surface area is 155 Å². The summed E-state index contributed by atoms with van der Waals surface area (Å²) in [5.41, 5.74) is 3.90. The zero-order valence-electron chi connectivity index (χ0n) is 14.7. The van der Waals surface area contributed by atoms with E-state index in [1.54, 1.807) is 24.3 Å². The van der Waals surface area contributed by atoms with E-state index in [0.717, 1.165) is 28.1 Å². The molecular weight excluding hydrogens is 340 g/mol. The van der Waals surface area contributed by atoms with Gasteiger partial charge in [0.2, 0.25) is 0 Å². The Morgan fingerprint density at radius 3 is 2.52 bits per heavy atom. The van der Waals surface area contributed by atoms with Gasteiger partial charge in [-0.3, -0.25) is 0 Å². The lowest BCUT2D eigenvalue weighted by molar-refractivity contribution is 0.0697. The van der Waals surface area contributed by atoms with Gasteiger partial charge >= 0.3 is 5.97 Å². The van der Waals surface area contributed by atoms with Gasteiger partial charge < -0.3 is 15.4 Å². The number of rotatable bonds is 5. The molecule has 0 saturated carbocycles. The summed E-state index contributed by atoms with van der Waals surface area (Å²) < 4.78 is 0. The quantitative estimate of drug-likeness (QED) is 0.489. The van der Waals surface area contributed by atoms with Gasteiger partial charge in [-0.1, -0.05) is 42.5 Å². The van der Waals surface area contributed by atoms with Crippen molar-refractivity contribution in [3.05, 3.63) is 78.1 Å². The van der Waals surface area contributed by atoms with Crippen molar-refractivity contribution in [2.45, 2.75) is 13.0 Å². The third-order valence-corrected chi connectivity index (χ3v) is 4.52. The van der Waals surface area contributed by atoms with Gasteiger partial charge in [0, 0.05) is 11.7 Å². The van der Waals surface area contributed by atoms with Gasteiger partial charge in [-0.2, -0.15) is 0 Å². The van der Waals surface area contributed by atoms with Crippen LogP contribution in [0.5, 0.6) is 0 Å². The largest absolute Gasteiger partial charge is 0.478 e. The molecule has 3 N–H and O–H groups in total. The number of aromatic amines is 1. The maximum absolute atomic E-state index is 11.0. The zero-order chi connectivity index (χ0) is 18.8. The summed E-state index contributed by atoms with van der Waals surface area (Å²) in [4.78, 5) is 23.0. The van der Waals surface area contributed by atoms with E-state index >= 15 is 0 Å². The van der Waals surface area contributed by atoms with Crippen molar-refractivity contribution in [2.24, 2.45) is 0 Å². The van der Waals surface area contributed by atoms with Gasteiger partial charge in [-0.15, -0.1) is 0 Å². The molecule has 0 fully saturated rings. The fourth-order valence-corrected chi connectivity index (χ4v) is 3.03. The van der Waals surface area contributed by atoms with Gasteiger partial charge in [0.05, 0.1) is 10.9 Å². The number of hydrogen-bond acceptors (Lipinski definition) is 4. The number of aromatic nitrogens is 3. The van der Waals surface area contributed by atoms with Crippen molar-refractivity contribution in [1.82, 2.24) is 15.0 Å². The van der Waals surface area contributed by atoms with Crippen molar-refractivity contribution in [3.63, 3.8) is 0 Å². The second-order valence-corrected chi connectivity index (χ2v) is 6.33. The summed E-state index contributed by atoms with van der Waals surface area (Å²) in [5.74, 6) is -0.188. The Morgan fingerprint density at radius 1 is 1.07 bits per heavy atom. The molecule has 6 heteroatoms. The standard InChI is InChI=1S/C21H18N4O2/c1-13(14-5-3-2-4-6-14)24-19-17-11-18(25-20(17)23-12-22-19)15-7-9-16(10-8-15)21(26)27/h2-13H,1H3,(H,26,27)(H2,22,23,24,25). The molecule has 0 radical (unpaired) electrons. The van der Waals surface area contributed by atoms with Crippen molar-refractivity contribution >= 4 is 22.8 Å². The summed E-state index contributed by atoms with van der Waals surface area (Å²) in [5, 5.41) is 13.4. The third kappa shape index (κ3) is 3.37. The van der Waals surface area contributed by atoms with Crippen LogP contribution in [0.2, 0.25) is 0 Å². The summed E-state index contributed by atoms with van der Waals surface area (Å²) in [6, 6.07) is 19.0. The third-order valence-electron chi connectivity index (χ3n) is 4.52. The number of H-pyrrole nitrogens is 1. The highest BCUT2D eigenvalue weighted by Gasteiger charge is 2.13. The van der Waals surface area contributed by atoms with Gasteiger partial charge in [-0.05, 0) is 36.2 Å². The van der Waals surface area contributed by atoms with E-state index in [-0.39, 0.29) is 11.6 Å². The second-order valence-electron chi connectivity index (χ2n) is 6.33. The lowest BCUT2D eigenvalue weighted by Crippen LogP contribution is -2.08. The molecule has 0 aliphatic carbocycles. The first kappa shape index (κ1) is 16.8. The van der Waals surface area contributed by atoms with Crippen molar-refractivity contribution in [3.8, 4) is 11.3 Å². The van der Waals surface area contributed by atoms with Crippen LogP contribution in [0.3, 0.4) is 0 Å². The predicted molar refractivity (Wildman–Crippen MR) is 105 cm³/mol. The molecule has 4 aromatic rings. The highest BCUT2D eigenvalue weighted by molar-refractivity contribution is 5.92. The van der Waals surface area contributed by atoms with E-state index in [0.29, 0.717) is 0 Å². The maximum Gasteiger partial charge on any atom is 0.335 e. The maximum atomic E-state index is 11.0. The molecular formula is C21H18N4O2. The van der Waals surface area contributed by atoms with E-state index < -0.39 is 5.97 Å². The summed E-state index contributed by atoms with van der Waals surface area (Å²) in [6.45, 7) is 2.08. The minimum atomic E-state index is -0.939. The smallest absolute Gasteiger partial charge is 0.335 e. The number of carboxylic acids is 1. The Bertz CT molecular complexity index is 1090. The van der Waals surface area contributed by atoms with E-state index in [4.69, 9.17) is 5.11 Å². The highest BCUT2D eigenvalue weighted by Crippen LogP contribution is 2.29. The number of fused-ring (bicyclic) bond motifs is 1. The van der Waals surface area contributed by atoms with Crippen LogP contribution in [-0.2, 0) is 0 Å². The number of hydrogen-bond donors (Lipinski definition) is 3. The van der Waals surface area contributed by atoms with Crippen LogP contribution in [0.25, 0.3) is 22.3 Å². The summed E-state index contributed by atoms with van der Waals surface area (Å²) in [7, 11) is 0. The number of anilines is 1. The Morgan fingerprint density at radius 2 is 1.81 bits per heavy atom. The van der Waals surface area contributed by atoms with Crippen molar-refractivity contribution in [1.29, 1.82) is 0 Å². The molecule has 2 heterocycles. The topological polar surface area (TPSA) is 90.9 Å². The van der Waals surface area contributed by atoms with E-state index in [1.807, 2.05) is 24.3 Å². The molecule has 1 unspecified atom stereocenters. The molecule has 0 saturated heterocycles. The first-order chi connectivity index (χ1) is 13.1. The fraction of sp³-hybridized carbons (Fsp3) is 0.0952. The second kappa shape index (κ2) is 6.92. The van der Waals surface area contributed by atoms with Crippen LogP contribution >= 0.6 is 0 Å². The first-order valence-corrected chi connectivity index (χ1v) is 8.61. The number of nitrogens with zero attached hydrogens (tertiary/aromatic N) is 2. The lowest BCUT2D eigenvalue weighted by atomic mass is 10.1. The number of aromatic carboxylic acids is 1. The van der Waals surface area contributed by atoms with Crippen LogP contribution in [0.1, 0.15) is 28.9 Å². The zero-order valence-corrected chi connectivity index (χ0v) is 14.7. The monoisotopic (exact) mass is 358 g/mol. The molecule has 0 bridgehead atoms. The molecule has 1 atom stereocenters. The van der Waals surface area contributed by atoms with Crippen molar-refractivity contribution < 1.29 is 9.90 Å². The number of nitrogens with one attached hydrogen (secondary N) is 2. The average molecular weight is 358 g/mol. The number of benzene rings is 2. The van der Waals surface area contributed by atoms with Gasteiger partial charge in [-0.25, -0.2) is 14.8 Å². The molecule has 2 aromatic heterocycles. The van der Waals surface area contributed by atoms with Crippen LogP contribution in [0.15, 0.2) is 67.0 Å². The molecule has 4 rings (SSSR count). The normalized spacial score (nSPS) is 12.0. The molecule has 0 aliphatic heterocycles. The fourth-order valence-electron chi connectivity index (χ4n) is 3.03. The highest BCUT2D eigenvalue weighted by atomic mass is 16.4. The van der Waals surface area contributed by atoms with E-state index in [2.05, 4.69) is 39.3 Å². The van der Waals surface area contributed by atoms with E-state index in [9.17, 15) is 4.79 Å². The molecule has 0 spiro atoms. The number of carbonyl (C=O) groups is 1. The lowest BCUT2D eigenvalue weighted by Gasteiger charge is -2.15. The van der Waals surface area contributed by atoms with Gasteiger partial charge in [0.25, 0.3) is 0 Å². The minimum absolute atomic E-state index is 0.0949. The predicted octanol–water partition coefficient (Wildman–Crippen LogP) is 4.50. The van der Waals surface area contributed by atoms with Crippen LogP contribution in [-0.4, -0.2) is 26.0 Å². The molecule has 27 heavy (non-hydrogen) atoms.